The number of carbonyl (C=O) groups excluding carboxylic acids is 1. The van der Waals surface area contributed by atoms with E-state index in [1.54, 1.807) is 65.0 Å². The van der Waals surface area contributed by atoms with E-state index in [4.69, 9.17) is 21.3 Å². The first-order valence-corrected chi connectivity index (χ1v) is 17.3. The highest BCUT2D eigenvalue weighted by atomic mass is 35.5. The number of sulfonamides is 1. The van der Waals surface area contributed by atoms with E-state index in [0.717, 1.165) is 24.5 Å². The predicted octanol–water partition coefficient (Wildman–Crippen LogP) is 5.94. The lowest BCUT2D eigenvalue weighted by atomic mass is 9.93. The maximum Gasteiger partial charge on any atom is 0.408 e. The average molecular weight is 717 g/mol. The minimum atomic E-state index is -3.75. The van der Waals surface area contributed by atoms with Crippen LogP contribution in [0, 0.1) is 23.5 Å². The van der Waals surface area contributed by atoms with Gasteiger partial charge in [0, 0.05) is 38.3 Å². The van der Waals surface area contributed by atoms with Crippen molar-refractivity contribution in [3.8, 4) is 23.0 Å². The van der Waals surface area contributed by atoms with Crippen LogP contribution in [0.5, 0.6) is 0 Å². The van der Waals surface area contributed by atoms with Crippen molar-refractivity contribution in [2.75, 3.05) is 30.0 Å². The standard InChI is InChI=1S/C34H39ClF2N6O5S/c1-33(2,3)48-32(44)39-26(16-19-14-20(36)17-21(37)15-19)29-23(18-27(42(6)7)25(38-29)12-13-34(4,5)45)22-10-11-24(35)28-30(22)43(8)40-31(28)41-49(9,46)47/h10-11,14-15,17-18,26,45H,16H2,1-9H3,(H,39,44)(H,40,41)/t26-/m0/s1. The van der Waals surface area contributed by atoms with Gasteiger partial charge >= 0.3 is 6.09 Å². The number of ether oxygens (including phenoxy) is 1. The fourth-order valence-electron chi connectivity index (χ4n) is 5.12. The highest BCUT2D eigenvalue weighted by Gasteiger charge is 2.29. The van der Waals surface area contributed by atoms with Crippen molar-refractivity contribution in [1.29, 1.82) is 0 Å². The number of fused-ring (bicyclic) bond motifs is 1. The molecule has 1 amide bonds. The largest absolute Gasteiger partial charge is 0.444 e. The van der Waals surface area contributed by atoms with E-state index in [1.807, 2.05) is 0 Å². The molecule has 0 saturated heterocycles. The summed E-state index contributed by atoms with van der Waals surface area (Å²) in [5.74, 6) is 4.10. The zero-order chi connectivity index (χ0) is 36.6. The van der Waals surface area contributed by atoms with Gasteiger partial charge in [0.2, 0.25) is 10.0 Å². The SMILES string of the molecule is CN(C)c1cc(-c2ccc(Cl)c3c(NS(C)(=O)=O)nn(C)c23)c([C@H](Cc2cc(F)cc(F)c2)NC(=O)OC(C)(C)C)nc1C#CC(C)(C)O. The summed E-state index contributed by atoms with van der Waals surface area (Å²) in [5, 5.41) is 18.2. The number of aryl methyl sites for hydroxylation is 1. The van der Waals surface area contributed by atoms with Gasteiger partial charge < -0.3 is 20.1 Å². The zero-order valence-electron chi connectivity index (χ0n) is 28.7. The second-order valence-corrected chi connectivity index (χ2v) is 15.5. The molecule has 2 aromatic heterocycles. The second kappa shape index (κ2) is 13.8. The normalized spacial score (nSPS) is 12.7. The monoisotopic (exact) mass is 716 g/mol. The third-order valence-electron chi connectivity index (χ3n) is 6.89. The van der Waals surface area contributed by atoms with Gasteiger partial charge in [-0.25, -0.2) is 27.0 Å². The van der Waals surface area contributed by atoms with Crippen LogP contribution in [0.4, 0.5) is 25.1 Å². The molecule has 49 heavy (non-hydrogen) atoms. The van der Waals surface area contributed by atoms with Crippen molar-refractivity contribution < 1.29 is 31.8 Å². The van der Waals surface area contributed by atoms with E-state index in [0.29, 0.717) is 27.7 Å². The molecule has 2 heterocycles. The molecule has 0 bridgehead atoms. The third kappa shape index (κ3) is 9.59. The van der Waals surface area contributed by atoms with Crippen molar-refractivity contribution in [2.24, 2.45) is 7.05 Å². The van der Waals surface area contributed by atoms with Gasteiger partial charge in [0.05, 0.1) is 39.6 Å². The van der Waals surface area contributed by atoms with Crippen molar-refractivity contribution in [3.05, 3.63) is 70.0 Å². The molecule has 4 rings (SSSR count). The van der Waals surface area contributed by atoms with Crippen molar-refractivity contribution in [1.82, 2.24) is 20.1 Å². The molecule has 0 aliphatic carbocycles. The number of anilines is 2. The average Bonchev–Trinajstić information content (AvgIpc) is 3.24. The van der Waals surface area contributed by atoms with Crippen LogP contribution in [0.15, 0.2) is 36.4 Å². The summed E-state index contributed by atoms with van der Waals surface area (Å²) in [7, 11) is 1.42. The Hall–Kier alpha value is -4.45. The highest BCUT2D eigenvalue weighted by Crippen LogP contribution is 2.41. The summed E-state index contributed by atoms with van der Waals surface area (Å²) < 4.78 is 62.7. The maximum atomic E-state index is 14.4. The summed E-state index contributed by atoms with van der Waals surface area (Å²) in [6.45, 7) is 8.12. The Bertz CT molecular complexity index is 2070. The number of amides is 1. The first-order valence-electron chi connectivity index (χ1n) is 15.1. The Morgan fingerprint density at radius 2 is 1.73 bits per heavy atom. The fourth-order valence-corrected chi connectivity index (χ4v) is 5.85. The summed E-state index contributed by atoms with van der Waals surface area (Å²) in [6.07, 6.45) is 0.0485. The lowest BCUT2D eigenvalue weighted by Crippen LogP contribution is -2.36. The van der Waals surface area contributed by atoms with Gasteiger partial charge in [0.1, 0.15) is 28.5 Å². The van der Waals surface area contributed by atoms with Crippen molar-refractivity contribution in [3.63, 3.8) is 0 Å². The number of carbonyl (C=O) groups is 1. The molecule has 11 nitrogen and oxygen atoms in total. The molecule has 0 saturated carbocycles. The van der Waals surface area contributed by atoms with Crippen LogP contribution in [-0.4, -0.2) is 65.9 Å². The summed E-state index contributed by atoms with van der Waals surface area (Å²) >= 11 is 6.63. The lowest BCUT2D eigenvalue weighted by Gasteiger charge is -2.26. The quantitative estimate of drug-likeness (QED) is 0.191. The van der Waals surface area contributed by atoms with E-state index in [9.17, 15) is 27.1 Å². The third-order valence-corrected chi connectivity index (χ3v) is 7.77. The molecule has 4 aromatic rings. The van der Waals surface area contributed by atoms with Crippen LogP contribution in [0.3, 0.4) is 0 Å². The Morgan fingerprint density at radius 1 is 1.10 bits per heavy atom. The van der Waals surface area contributed by atoms with Crippen LogP contribution in [0.25, 0.3) is 22.0 Å². The van der Waals surface area contributed by atoms with Crippen LogP contribution in [0.2, 0.25) is 5.02 Å². The molecule has 0 fully saturated rings. The molecule has 0 unspecified atom stereocenters. The minimum Gasteiger partial charge on any atom is -0.444 e. The molecule has 3 N–H and O–H groups in total. The van der Waals surface area contributed by atoms with Crippen LogP contribution >= 0.6 is 11.6 Å². The number of aromatic nitrogens is 3. The number of pyridine rings is 1. The topological polar surface area (TPSA) is 139 Å². The Kier molecular flexibility index (Phi) is 10.5. The van der Waals surface area contributed by atoms with Crippen LogP contribution in [0.1, 0.15) is 57.6 Å². The second-order valence-electron chi connectivity index (χ2n) is 13.3. The molecule has 0 aliphatic heterocycles. The number of alkyl carbamates (subject to hydrolysis) is 1. The van der Waals surface area contributed by atoms with Gasteiger partial charge in [-0.15, -0.1) is 0 Å². The predicted molar refractivity (Wildman–Crippen MR) is 187 cm³/mol. The van der Waals surface area contributed by atoms with Gasteiger partial charge in [-0.2, -0.15) is 5.10 Å². The number of nitrogens with one attached hydrogen (secondary N) is 2. The van der Waals surface area contributed by atoms with Gasteiger partial charge in [0.25, 0.3) is 0 Å². The summed E-state index contributed by atoms with van der Waals surface area (Å²) in [5.41, 5.74) is 0.304. The van der Waals surface area contributed by atoms with E-state index >= 15 is 0 Å². The van der Waals surface area contributed by atoms with E-state index in [1.165, 1.54) is 18.5 Å². The van der Waals surface area contributed by atoms with Gasteiger partial charge in [-0.05, 0) is 76.8 Å². The molecule has 2 aromatic carbocycles. The maximum absolute atomic E-state index is 14.4. The Labute approximate surface area is 289 Å². The summed E-state index contributed by atoms with van der Waals surface area (Å²) in [4.78, 5) is 20.0. The van der Waals surface area contributed by atoms with Crippen molar-refractivity contribution >= 4 is 50.1 Å². The summed E-state index contributed by atoms with van der Waals surface area (Å²) in [6, 6.07) is 7.04. The highest BCUT2D eigenvalue weighted by molar-refractivity contribution is 7.92. The molecule has 15 heteroatoms. The van der Waals surface area contributed by atoms with Gasteiger partial charge in [0.15, 0.2) is 5.82 Å². The van der Waals surface area contributed by atoms with Crippen molar-refractivity contribution in [2.45, 2.75) is 58.3 Å². The van der Waals surface area contributed by atoms with Gasteiger partial charge in [-0.1, -0.05) is 23.6 Å². The molecule has 262 valence electrons. The first kappa shape index (κ1) is 37.4. The van der Waals surface area contributed by atoms with E-state index in [2.05, 4.69) is 27.0 Å². The molecule has 0 aliphatic rings. The number of hydrogen-bond acceptors (Lipinski definition) is 8. The van der Waals surface area contributed by atoms with Crippen LogP contribution in [-0.2, 0) is 28.2 Å². The van der Waals surface area contributed by atoms with E-state index in [-0.39, 0.29) is 34.2 Å². The minimum absolute atomic E-state index is 0.000484. The number of rotatable bonds is 8. The Balaban J connectivity index is 2.12. The number of aliphatic hydroxyl groups is 1. The van der Waals surface area contributed by atoms with Gasteiger partial charge in [-0.3, -0.25) is 9.40 Å². The molecular weight excluding hydrogens is 678 g/mol. The first-order chi connectivity index (χ1) is 22.5. The number of benzene rings is 2. The van der Waals surface area contributed by atoms with Crippen LogP contribution < -0.4 is 14.9 Å². The number of hydrogen-bond donors (Lipinski definition) is 3. The number of halogens is 3. The Morgan fingerprint density at radius 3 is 2.29 bits per heavy atom. The van der Waals surface area contributed by atoms with E-state index < -0.39 is 45.0 Å². The molecule has 1 atom stereocenters. The number of nitrogens with zero attached hydrogens (tertiary/aromatic N) is 4. The zero-order valence-corrected chi connectivity index (χ0v) is 30.2. The molecular formula is C34H39ClF2N6O5S. The molecule has 0 radical (unpaired) electrons. The lowest BCUT2D eigenvalue weighted by molar-refractivity contribution is 0.0502. The fraction of sp³-hybridized carbons (Fsp3) is 0.382. The molecule has 0 spiro atoms. The smallest absolute Gasteiger partial charge is 0.408 e.